The van der Waals surface area contributed by atoms with Crippen molar-refractivity contribution in [3.05, 3.63) is 69.8 Å². The fourth-order valence-corrected chi connectivity index (χ4v) is 3.06. The van der Waals surface area contributed by atoms with Crippen LogP contribution >= 0.6 is 0 Å². The first kappa shape index (κ1) is 18.4. The summed E-state index contributed by atoms with van der Waals surface area (Å²) in [5, 5.41) is 23.3. The summed E-state index contributed by atoms with van der Waals surface area (Å²) in [6, 6.07) is 15.6. The number of carbonyl (C=O) groups excluding carboxylic acids is 1. The van der Waals surface area contributed by atoms with E-state index >= 15 is 0 Å². The molecule has 7 heteroatoms. The molecule has 1 saturated heterocycles. The Morgan fingerprint density at radius 3 is 2.59 bits per heavy atom. The zero-order valence-corrected chi connectivity index (χ0v) is 15.0. The number of nitro benzene ring substituents is 1. The van der Waals surface area contributed by atoms with Crippen LogP contribution in [0.3, 0.4) is 0 Å². The molecule has 1 fully saturated rings. The SMILES string of the molecule is Cc1ccc(C[C@H](Nc2ccccc2[N+](=O)[O-])C(=O)N2CC(C#N)C2)cc1. The minimum absolute atomic E-state index is 0.0716. The average molecular weight is 364 g/mol. The lowest BCUT2D eigenvalue weighted by molar-refractivity contribution is -0.384. The van der Waals surface area contributed by atoms with Gasteiger partial charge < -0.3 is 10.2 Å². The van der Waals surface area contributed by atoms with E-state index in [1.807, 2.05) is 31.2 Å². The highest BCUT2D eigenvalue weighted by atomic mass is 16.6. The highest BCUT2D eigenvalue weighted by molar-refractivity contribution is 5.86. The van der Waals surface area contributed by atoms with Crippen LogP contribution < -0.4 is 5.32 Å². The van der Waals surface area contributed by atoms with Crippen molar-refractivity contribution in [1.29, 1.82) is 5.26 Å². The Morgan fingerprint density at radius 2 is 1.96 bits per heavy atom. The van der Waals surface area contributed by atoms with Crippen molar-refractivity contribution in [1.82, 2.24) is 4.90 Å². The molecule has 1 aliphatic heterocycles. The van der Waals surface area contributed by atoms with Gasteiger partial charge in [0.15, 0.2) is 0 Å². The largest absolute Gasteiger partial charge is 0.368 e. The molecular weight excluding hydrogens is 344 g/mol. The minimum Gasteiger partial charge on any atom is -0.368 e. The van der Waals surface area contributed by atoms with E-state index < -0.39 is 11.0 Å². The second-order valence-electron chi connectivity index (χ2n) is 6.73. The Hall–Kier alpha value is -3.40. The lowest BCUT2D eigenvalue weighted by atomic mass is 9.97. The van der Waals surface area contributed by atoms with Gasteiger partial charge in [-0.25, -0.2) is 0 Å². The van der Waals surface area contributed by atoms with Gasteiger partial charge in [0.25, 0.3) is 5.69 Å². The molecule has 0 radical (unpaired) electrons. The van der Waals surface area contributed by atoms with E-state index in [1.54, 1.807) is 23.1 Å². The van der Waals surface area contributed by atoms with Gasteiger partial charge >= 0.3 is 0 Å². The number of para-hydroxylation sites is 2. The lowest BCUT2D eigenvalue weighted by Crippen LogP contribution is -2.54. The quantitative estimate of drug-likeness (QED) is 0.627. The number of benzene rings is 2. The van der Waals surface area contributed by atoms with E-state index in [2.05, 4.69) is 11.4 Å². The van der Waals surface area contributed by atoms with Crippen molar-refractivity contribution in [2.45, 2.75) is 19.4 Å². The summed E-state index contributed by atoms with van der Waals surface area (Å²) in [7, 11) is 0. The molecule has 0 aliphatic carbocycles. The van der Waals surface area contributed by atoms with E-state index in [1.165, 1.54) is 6.07 Å². The van der Waals surface area contributed by atoms with E-state index in [0.717, 1.165) is 11.1 Å². The molecule has 1 heterocycles. The first-order valence-electron chi connectivity index (χ1n) is 8.72. The van der Waals surface area contributed by atoms with Crippen molar-refractivity contribution >= 4 is 17.3 Å². The Morgan fingerprint density at radius 1 is 1.30 bits per heavy atom. The van der Waals surface area contributed by atoms with Crippen LogP contribution in [-0.2, 0) is 11.2 Å². The van der Waals surface area contributed by atoms with Crippen LogP contribution in [0.4, 0.5) is 11.4 Å². The first-order chi connectivity index (χ1) is 13.0. The van der Waals surface area contributed by atoms with Gasteiger partial charge in [-0.15, -0.1) is 0 Å². The van der Waals surface area contributed by atoms with Gasteiger partial charge in [-0.05, 0) is 18.6 Å². The number of amides is 1. The molecule has 0 bridgehead atoms. The molecular formula is C20H20N4O3. The van der Waals surface area contributed by atoms with E-state index in [4.69, 9.17) is 5.26 Å². The first-order valence-corrected chi connectivity index (χ1v) is 8.72. The maximum Gasteiger partial charge on any atom is 0.292 e. The van der Waals surface area contributed by atoms with E-state index in [-0.39, 0.29) is 17.5 Å². The number of anilines is 1. The maximum atomic E-state index is 12.9. The van der Waals surface area contributed by atoms with Crippen molar-refractivity contribution < 1.29 is 9.72 Å². The number of nitrogens with zero attached hydrogens (tertiary/aromatic N) is 3. The van der Waals surface area contributed by atoms with Gasteiger partial charge in [0.2, 0.25) is 5.91 Å². The maximum absolute atomic E-state index is 12.9. The molecule has 138 valence electrons. The van der Waals surface area contributed by atoms with Crippen LogP contribution in [0.15, 0.2) is 48.5 Å². The fraction of sp³-hybridized carbons (Fsp3) is 0.300. The molecule has 1 amide bonds. The number of nitrogens with one attached hydrogen (secondary N) is 1. The minimum atomic E-state index is -0.645. The van der Waals surface area contributed by atoms with Gasteiger partial charge in [-0.3, -0.25) is 14.9 Å². The van der Waals surface area contributed by atoms with Gasteiger partial charge in [0.05, 0.1) is 16.9 Å². The average Bonchev–Trinajstić information content (AvgIpc) is 2.62. The van der Waals surface area contributed by atoms with Crippen LogP contribution in [0.1, 0.15) is 11.1 Å². The van der Waals surface area contributed by atoms with Gasteiger partial charge in [-0.1, -0.05) is 42.0 Å². The standard InChI is InChI=1S/C20H20N4O3/c1-14-6-8-15(9-7-14)10-18(20(25)23-12-16(11-21)13-23)22-17-4-2-3-5-19(17)24(26)27/h2-9,16,18,22H,10,12-13H2,1H3/t18-/m0/s1. The molecule has 1 aliphatic rings. The number of nitriles is 1. The van der Waals surface area contributed by atoms with E-state index in [9.17, 15) is 14.9 Å². The van der Waals surface area contributed by atoms with Gasteiger partial charge in [0.1, 0.15) is 11.7 Å². The van der Waals surface area contributed by atoms with E-state index in [0.29, 0.717) is 25.2 Å². The number of aryl methyl sites for hydroxylation is 1. The predicted molar refractivity (Wildman–Crippen MR) is 101 cm³/mol. The topological polar surface area (TPSA) is 99.3 Å². The molecule has 7 nitrogen and oxygen atoms in total. The molecule has 1 atom stereocenters. The summed E-state index contributed by atoms with van der Waals surface area (Å²) >= 11 is 0. The Kier molecular flexibility index (Phi) is 5.36. The summed E-state index contributed by atoms with van der Waals surface area (Å²) in [6.45, 7) is 2.79. The van der Waals surface area contributed by atoms with Gasteiger partial charge in [0, 0.05) is 25.6 Å². The number of rotatable bonds is 6. The third-order valence-corrected chi connectivity index (χ3v) is 4.66. The fourth-order valence-electron chi connectivity index (χ4n) is 3.06. The van der Waals surface area contributed by atoms with Crippen LogP contribution in [0.2, 0.25) is 0 Å². The number of nitro groups is 1. The Labute approximate surface area is 157 Å². The second-order valence-corrected chi connectivity index (χ2v) is 6.73. The number of hydrogen-bond acceptors (Lipinski definition) is 5. The van der Waals surface area contributed by atoms with Crippen LogP contribution in [-0.4, -0.2) is 34.9 Å². The number of likely N-dealkylation sites (tertiary alicyclic amines) is 1. The Bertz CT molecular complexity index is 883. The zero-order valence-electron chi connectivity index (χ0n) is 15.0. The molecule has 2 aromatic rings. The molecule has 2 aromatic carbocycles. The molecule has 0 aromatic heterocycles. The Balaban J connectivity index is 1.83. The zero-order chi connectivity index (χ0) is 19.4. The third kappa shape index (κ3) is 4.23. The summed E-state index contributed by atoms with van der Waals surface area (Å²) in [4.78, 5) is 25.4. The highest BCUT2D eigenvalue weighted by Crippen LogP contribution is 2.26. The molecule has 27 heavy (non-hydrogen) atoms. The molecule has 0 saturated carbocycles. The molecule has 0 spiro atoms. The smallest absolute Gasteiger partial charge is 0.292 e. The summed E-state index contributed by atoms with van der Waals surface area (Å²) in [6.07, 6.45) is 0.402. The summed E-state index contributed by atoms with van der Waals surface area (Å²) in [5.74, 6) is -0.291. The number of carbonyl (C=O) groups is 1. The van der Waals surface area contributed by atoms with Gasteiger partial charge in [-0.2, -0.15) is 5.26 Å². The van der Waals surface area contributed by atoms with Crippen molar-refractivity contribution in [3.8, 4) is 6.07 Å². The third-order valence-electron chi connectivity index (χ3n) is 4.66. The lowest BCUT2D eigenvalue weighted by Gasteiger charge is -2.38. The summed E-state index contributed by atoms with van der Waals surface area (Å²) < 4.78 is 0. The predicted octanol–water partition coefficient (Wildman–Crippen LogP) is 2.91. The molecule has 3 rings (SSSR count). The molecule has 1 N–H and O–H groups in total. The van der Waals surface area contributed by atoms with Crippen molar-refractivity contribution in [2.75, 3.05) is 18.4 Å². The second kappa shape index (κ2) is 7.87. The number of hydrogen-bond donors (Lipinski definition) is 1. The van der Waals surface area contributed by atoms with Crippen molar-refractivity contribution in [3.63, 3.8) is 0 Å². The van der Waals surface area contributed by atoms with Crippen LogP contribution in [0.25, 0.3) is 0 Å². The monoisotopic (exact) mass is 364 g/mol. The summed E-state index contributed by atoms with van der Waals surface area (Å²) in [5.41, 5.74) is 2.32. The molecule has 0 unspecified atom stereocenters. The normalized spacial score (nSPS) is 14.7. The van der Waals surface area contributed by atoms with Crippen molar-refractivity contribution in [2.24, 2.45) is 5.92 Å². The highest BCUT2D eigenvalue weighted by Gasteiger charge is 2.35. The van der Waals surface area contributed by atoms with Crippen LogP contribution in [0.5, 0.6) is 0 Å². The van der Waals surface area contributed by atoms with Crippen LogP contribution in [0, 0.1) is 34.3 Å².